The van der Waals surface area contributed by atoms with Crippen molar-refractivity contribution in [2.24, 2.45) is 17.3 Å². The van der Waals surface area contributed by atoms with Crippen LogP contribution in [-0.2, 0) is 41.6 Å². The van der Waals surface area contributed by atoms with E-state index >= 15 is 0 Å². The minimum atomic E-state index is -0.988. The van der Waals surface area contributed by atoms with Gasteiger partial charge in [0, 0.05) is 24.9 Å². The monoisotopic (exact) mass is 717 g/mol. The zero-order valence-corrected chi connectivity index (χ0v) is 31.6. The Hall–Kier alpha value is -4.09. The van der Waals surface area contributed by atoms with Crippen molar-refractivity contribution in [3.63, 3.8) is 0 Å². The molecule has 1 aliphatic heterocycles. The van der Waals surface area contributed by atoms with Crippen molar-refractivity contribution in [3.8, 4) is 0 Å². The summed E-state index contributed by atoms with van der Waals surface area (Å²) < 4.78 is 5.41. The largest absolute Gasteiger partial charge is 0.379 e. The first-order valence-electron chi connectivity index (χ1n) is 19.0. The molecule has 2 aromatic rings. The highest BCUT2D eigenvalue weighted by atomic mass is 16.5. The van der Waals surface area contributed by atoms with E-state index in [-0.39, 0.29) is 36.5 Å². The highest BCUT2D eigenvalue weighted by Gasteiger charge is 2.48. The van der Waals surface area contributed by atoms with Crippen LogP contribution in [0.3, 0.4) is 0 Å². The molecule has 4 amide bonds. The van der Waals surface area contributed by atoms with Gasteiger partial charge >= 0.3 is 0 Å². The maximum atomic E-state index is 14.1. The van der Waals surface area contributed by atoms with Crippen LogP contribution >= 0.6 is 0 Å². The quantitative estimate of drug-likeness (QED) is 0.164. The molecule has 1 saturated heterocycles. The zero-order valence-electron chi connectivity index (χ0n) is 31.6. The van der Waals surface area contributed by atoms with Crippen LogP contribution in [0.4, 0.5) is 0 Å². The first kappa shape index (κ1) is 40.7. The van der Waals surface area contributed by atoms with Crippen LogP contribution in [0.1, 0.15) is 77.8 Å². The number of benzene rings is 2. The van der Waals surface area contributed by atoms with Gasteiger partial charge in [0.15, 0.2) is 5.78 Å². The molecule has 2 unspecified atom stereocenters. The Bertz CT molecular complexity index is 1470. The topological polar surface area (TPSA) is 146 Å². The van der Waals surface area contributed by atoms with E-state index in [1.165, 1.54) is 0 Å². The van der Waals surface area contributed by atoms with Gasteiger partial charge in [-0.2, -0.15) is 0 Å². The fourth-order valence-electron chi connectivity index (χ4n) is 6.56. The van der Waals surface area contributed by atoms with Crippen molar-refractivity contribution in [2.75, 3.05) is 32.8 Å². The first-order valence-corrected chi connectivity index (χ1v) is 19.0. The Morgan fingerprint density at radius 3 is 1.75 bits per heavy atom. The highest BCUT2D eigenvalue weighted by Crippen LogP contribution is 2.47. The summed E-state index contributed by atoms with van der Waals surface area (Å²) in [5.41, 5.74) is 1.45. The fraction of sp³-hybridized carbons (Fsp3) is 0.585. The van der Waals surface area contributed by atoms with Gasteiger partial charge in [0.05, 0.1) is 25.8 Å². The standard InChI is InChI=1S/C41H59N5O6/c1-28(2)24-33(37(48)41(5)18-19-41)43-40(51)35(26-31-14-10-7-11-15-31)45-39(50)34(25-29(3)4)44-38(49)32(17-16-30-12-8-6-9-13-30)42-36(47)27-46-20-22-52-23-21-46/h6-15,28-29,32-35H,16-27H2,1-5H3,(H,42,47)(H,43,51)(H,44,49)(H,45,50)/t32-,33?,34?,35-/m0/s1. The SMILES string of the molecule is CC(C)CC(NC(=O)[C@H](CCc1ccccc1)NC(=O)CN1CCOCC1)C(=O)N[C@@H](Cc1ccccc1)C(=O)NC(CC(C)C)C(=O)C1(C)CC1. The van der Waals surface area contributed by atoms with Crippen molar-refractivity contribution in [1.29, 1.82) is 0 Å². The number of hydrogen-bond acceptors (Lipinski definition) is 7. The summed E-state index contributed by atoms with van der Waals surface area (Å²) in [6, 6.07) is 15.6. The predicted molar refractivity (Wildman–Crippen MR) is 201 cm³/mol. The Kier molecular flexibility index (Phi) is 15.4. The average molecular weight is 718 g/mol. The Morgan fingerprint density at radius 1 is 0.673 bits per heavy atom. The molecule has 0 aromatic heterocycles. The van der Waals surface area contributed by atoms with Gasteiger partial charge < -0.3 is 26.0 Å². The predicted octanol–water partition coefficient (Wildman–Crippen LogP) is 3.59. The van der Waals surface area contributed by atoms with Crippen LogP contribution in [0.15, 0.2) is 60.7 Å². The molecule has 2 aliphatic rings. The summed E-state index contributed by atoms with van der Waals surface area (Å²) in [6.07, 6.45) is 3.51. The lowest BCUT2D eigenvalue weighted by atomic mass is 9.91. The number of carbonyl (C=O) groups excluding carboxylic acids is 5. The van der Waals surface area contributed by atoms with E-state index in [9.17, 15) is 24.0 Å². The number of Topliss-reactive ketones (excluding diaryl/α,β-unsaturated/α-hetero) is 1. The molecule has 2 aromatic carbocycles. The van der Waals surface area contributed by atoms with E-state index in [4.69, 9.17) is 4.74 Å². The maximum Gasteiger partial charge on any atom is 0.243 e. The molecule has 2 fully saturated rings. The van der Waals surface area contributed by atoms with Crippen LogP contribution in [0.25, 0.3) is 0 Å². The number of ether oxygens (including phenoxy) is 1. The molecule has 1 aliphatic carbocycles. The number of hydrogen-bond donors (Lipinski definition) is 4. The smallest absolute Gasteiger partial charge is 0.243 e. The lowest BCUT2D eigenvalue weighted by Gasteiger charge is -2.29. The number of nitrogens with zero attached hydrogens (tertiary/aromatic N) is 1. The van der Waals surface area contributed by atoms with E-state index in [1.807, 2.05) is 100 Å². The van der Waals surface area contributed by atoms with Crippen molar-refractivity contribution >= 4 is 29.4 Å². The van der Waals surface area contributed by atoms with Crippen LogP contribution in [0.2, 0.25) is 0 Å². The minimum Gasteiger partial charge on any atom is -0.379 e. The summed E-state index contributed by atoms with van der Waals surface area (Å²) in [7, 11) is 0. The Morgan fingerprint density at radius 2 is 1.17 bits per heavy atom. The molecule has 52 heavy (non-hydrogen) atoms. The number of morpholine rings is 1. The van der Waals surface area contributed by atoms with Crippen molar-refractivity contribution in [2.45, 2.75) is 104 Å². The van der Waals surface area contributed by atoms with Crippen molar-refractivity contribution < 1.29 is 28.7 Å². The molecule has 11 heteroatoms. The lowest BCUT2D eigenvalue weighted by Crippen LogP contribution is -2.59. The van der Waals surface area contributed by atoms with Gasteiger partial charge in [-0.15, -0.1) is 0 Å². The maximum absolute atomic E-state index is 14.1. The Balaban J connectivity index is 1.51. The lowest BCUT2D eigenvalue weighted by molar-refractivity contribution is -0.135. The number of carbonyl (C=O) groups is 5. The molecule has 1 heterocycles. The third-order valence-corrected chi connectivity index (χ3v) is 9.88. The van der Waals surface area contributed by atoms with Gasteiger partial charge in [-0.05, 0) is 61.5 Å². The summed E-state index contributed by atoms with van der Waals surface area (Å²) in [5.74, 6) is -1.44. The first-order chi connectivity index (χ1) is 24.8. The van der Waals surface area contributed by atoms with Gasteiger partial charge in [0.2, 0.25) is 23.6 Å². The number of aryl methyl sites for hydroxylation is 1. The molecule has 0 radical (unpaired) electrons. The van der Waals surface area contributed by atoms with Gasteiger partial charge in [-0.25, -0.2) is 0 Å². The molecule has 11 nitrogen and oxygen atoms in total. The van der Waals surface area contributed by atoms with E-state index in [1.54, 1.807) is 0 Å². The number of amides is 4. The van der Waals surface area contributed by atoms with E-state index in [0.717, 1.165) is 24.0 Å². The van der Waals surface area contributed by atoms with Gasteiger partial charge in [-0.3, -0.25) is 28.9 Å². The van der Waals surface area contributed by atoms with Crippen LogP contribution < -0.4 is 21.3 Å². The second-order valence-electron chi connectivity index (χ2n) is 15.6. The van der Waals surface area contributed by atoms with Crippen LogP contribution in [-0.4, -0.2) is 91.3 Å². The molecule has 1 saturated carbocycles. The second kappa shape index (κ2) is 19.7. The van der Waals surface area contributed by atoms with Crippen molar-refractivity contribution in [3.05, 3.63) is 71.8 Å². The molecule has 4 atom stereocenters. The van der Waals surface area contributed by atoms with Crippen molar-refractivity contribution in [1.82, 2.24) is 26.2 Å². The number of ketones is 1. The summed E-state index contributed by atoms with van der Waals surface area (Å²) in [6.45, 7) is 12.4. The molecule has 0 bridgehead atoms. The highest BCUT2D eigenvalue weighted by molar-refractivity contribution is 5.97. The minimum absolute atomic E-state index is 0.0292. The molecular formula is C41H59N5O6. The van der Waals surface area contributed by atoms with Gasteiger partial charge in [0.25, 0.3) is 0 Å². The zero-order chi connectivity index (χ0) is 37.7. The van der Waals surface area contributed by atoms with E-state index in [2.05, 4.69) is 21.3 Å². The molecule has 4 N–H and O–H groups in total. The molecule has 284 valence electrons. The third kappa shape index (κ3) is 13.2. The Labute approximate surface area is 309 Å². The van der Waals surface area contributed by atoms with Crippen LogP contribution in [0.5, 0.6) is 0 Å². The second-order valence-corrected chi connectivity index (χ2v) is 15.6. The van der Waals surface area contributed by atoms with E-state index < -0.39 is 47.3 Å². The normalized spacial score (nSPS) is 17.8. The van der Waals surface area contributed by atoms with Gasteiger partial charge in [0.1, 0.15) is 18.1 Å². The average Bonchev–Trinajstić information content (AvgIpc) is 3.87. The number of nitrogens with one attached hydrogen (secondary N) is 4. The fourth-order valence-corrected chi connectivity index (χ4v) is 6.56. The molecular weight excluding hydrogens is 658 g/mol. The van der Waals surface area contributed by atoms with Crippen LogP contribution in [0, 0.1) is 17.3 Å². The number of rotatable bonds is 20. The summed E-state index contributed by atoms with van der Waals surface area (Å²) >= 11 is 0. The third-order valence-electron chi connectivity index (χ3n) is 9.88. The summed E-state index contributed by atoms with van der Waals surface area (Å²) in [5, 5.41) is 11.8. The van der Waals surface area contributed by atoms with Gasteiger partial charge in [-0.1, -0.05) is 95.3 Å². The molecule has 0 spiro atoms. The molecule has 4 rings (SSSR count). The van der Waals surface area contributed by atoms with E-state index in [0.29, 0.717) is 52.0 Å². The summed E-state index contributed by atoms with van der Waals surface area (Å²) in [4.78, 5) is 70.7.